The van der Waals surface area contributed by atoms with Crippen molar-refractivity contribution < 1.29 is 14.3 Å². The first-order chi connectivity index (χ1) is 10.2. The minimum atomic E-state index is -0.0700. The number of ether oxygens (including phenoxy) is 2. The monoisotopic (exact) mass is 287 g/mol. The quantitative estimate of drug-likeness (QED) is 0.862. The Labute approximate surface area is 122 Å². The molecule has 6 nitrogen and oxygen atoms in total. The summed E-state index contributed by atoms with van der Waals surface area (Å²) >= 11 is 0. The van der Waals surface area contributed by atoms with Crippen molar-refractivity contribution in [1.29, 1.82) is 0 Å². The molecule has 0 aliphatic carbocycles. The minimum absolute atomic E-state index is 0.0700. The Morgan fingerprint density at radius 2 is 2.14 bits per heavy atom. The van der Waals surface area contributed by atoms with Crippen LogP contribution in [-0.2, 0) is 13.1 Å². The van der Waals surface area contributed by atoms with Crippen LogP contribution in [0.1, 0.15) is 23.0 Å². The van der Waals surface area contributed by atoms with E-state index in [1.165, 1.54) is 0 Å². The second-order valence-electron chi connectivity index (χ2n) is 4.89. The van der Waals surface area contributed by atoms with Crippen molar-refractivity contribution in [3.63, 3.8) is 0 Å². The van der Waals surface area contributed by atoms with Gasteiger partial charge in [-0.2, -0.15) is 5.10 Å². The van der Waals surface area contributed by atoms with Gasteiger partial charge in [0.25, 0.3) is 5.91 Å². The number of carbonyl (C=O) groups excluding carboxylic acids is 1. The van der Waals surface area contributed by atoms with Crippen LogP contribution in [-0.4, -0.2) is 34.4 Å². The molecule has 21 heavy (non-hydrogen) atoms. The maximum atomic E-state index is 12.4. The highest BCUT2D eigenvalue weighted by molar-refractivity contribution is 5.94. The molecule has 0 radical (unpaired) electrons. The van der Waals surface area contributed by atoms with E-state index in [0.717, 1.165) is 12.2 Å². The fourth-order valence-electron chi connectivity index (χ4n) is 2.23. The summed E-state index contributed by atoms with van der Waals surface area (Å²) in [5.74, 6) is 1.22. The molecule has 2 heterocycles. The molecule has 2 aromatic rings. The first kappa shape index (κ1) is 13.5. The van der Waals surface area contributed by atoms with Crippen LogP contribution >= 0.6 is 0 Å². The van der Waals surface area contributed by atoms with E-state index in [4.69, 9.17) is 9.47 Å². The first-order valence-electron chi connectivity index (χ1n) is 6.85. The molecule has 0 unspecified atom stereocenters. The fraction of sp³-hybridized carbons (Fsp3) is 0.333. The molecule has 1 aromatic heterocycles. The lowest BCUT2D eigenvalue weighted by molar-refractivity contribution is 0.0782. The molecule has 0 bridgehead atoms. The summed E-state index contributed by atoms with van der Waals surface area (Å²) in [7, 11) is 1.76. The van der Waals surface area contributed by atoms with Gasteiger partial charge in [-0.15, -0.1) is 0 Å². The van der Waals surface area contributed by atoms with Gasteiger partial charge in [-0.3, -0.25) is 9.48 Å². The molecule has 6 heteroatoms. The van der Waals surface area contributed by atoms with Crippen LogP contribution in [0.15, 0.2) is 30.5 Å². The number of carbonyl (C=O) groups is 1. The Morgan fingerprint density at radius 1 is 1.33 bits per heavy atom. The average Bonchev–Trinajstić information content (AvgIpc) is 3.13. The SMILES string of the molecule is CCn1ccc(CN(C)C(=O)c2ccc3c(c2)OCO3)n1. The zero-order valence-corrected chi connectivity index (χ0v) is 12.1. The van der Waals surface area contributed by atoms with Gasteiger partial charge in [0.2, 0.25) is 6.79 Å². The predicted molar refractivity (Wildman–Crippen MR) is 76.3 cm³/mol. The van der Waals surface area contributed by atoms with Crippen molar-refractivity contribution >= 4 is 5.91 Å². The molecule has 0 saturated carbocycles. The van der Waals surface area contributed by atoms with E-state index in [2.05, 4.69) is 5.10 Å². The zero-order chi connectivity index (χ0) is 14.8. The number of aromatic nitrogens is 2. The molecule has 0 spiro atoms. The molecular weight excluding hydrogens is 270 g/mol. The average molecular weight is 287 g/mol. The summed E-state index contributed by atoms with van der Waals surface area (Å²) in [4.78, 5) is 14.1. The molecule has 0 N–H and O–H groups in total. The van der Waals surface area contributed by atoms with E-state index in [0.29, 0.717) is 23.6 Å². The van der Waals surface area contributed by atoms with Gasteiger partial charge < -0.3 is 14.4 Å². The molecule has 0 atom stereocenters. The Kier molecular flexibility index (Phi) is 3.51. The number of rotatable bonds is 4. The van der Waals surface area contributed by atoms with Crippen LogP contribution in [0, 0.1) is 0 Å². The van der Waals surface area contributed by atoms with Gasteiger partial charge in [-0.25, -0.2) is 0 Å². The van der Waals surface area contributed by atoms with E-state index in [1.807, 2.05) is 23.9 Å². The largest absolute Gasteiger partial charge is 0.454 e. The molecule has 1 amide bonds. The Hall–Kier alpha value is -2.50. The maximum absolute atomic E-state index is 12.4. The van der Waals surface area contributed by atoms with E-state index in [9.17, 15) is 4.79 Å². The number of nitrogens with zero attached hydrogens (tertiary/aromatic N) is 3. The lowest BCUT2D eigenvalue weighted by Crippen LogP contribution is -2.26. The highest BCUT2D eigenvalue weighted by atomic mass is 16.7. The maximum Gasteiger partial charge on any atom is 0.254 e. The topological polar surface area (TPSA) is 56.6 Å². The first-order valence-corrected chi connectivity index (χ1v) is 6.85. The summed E-state index contributed by atoms with van der Waals surface area (Å²) in [5, 5.41) is 4.38. The zero-order valence-electron chi connectivity index (χ0n) is 12.1. The second kappa shape index (κ2) is 5.47. The van der Waals surface area contributed by atoms with Gasteiger partial charge in [0.15, 0.2) is 11.5 Å². The number of hydrogen-bond donors (Lipinski definition) is 0. The van der Waals surface area contributed by atoms with Crippen LogP contribution in [0.25, 0.3) is 0 Å². The van der Waals surface area contributed by atoms with E-state index in [1.54, 1.807) is 30.1 Å². The van der Waals surface area contributed by atoms with Crippen molar-refractivity contribution in [2.75, 3.05) is 13.8 Å². The summed E-state index contributed by atoms with van der Waals surface area (Å²) in [6, 6.07) is 7.14. The van der Waals surface area contributed by atoms with E-state index < -0.39 is 0 Å². The summed E-state index contributed by atoms with van der Waals surface area (Å²) in [5.41, 5.74) is 1.45. The highest BCUT2D eigenvalue weighted by Crippen LogP contribution is 2.32. The van der Waals surface area contributed by atoms with Crippen molar-refractivity contribution in [3.05, 3.63) is 41.7 Å². The van der Waals surface area contributed by atoms with Gasteiger partial charge in [-0.1, -0.05) is 0 Å². The van der Waals surface area contributed by atoms with Gasteiger partial charge >= 0.3 is 0 Å². The van der Waals surface area contributed by atoms with Crippen molar-refractivity contribution in [1.82, 2.24) is 14.7 Å². The summed E-state index contributed by atoms with van der Waals surface area (Å²) in [6.07, 6.45) is 1.91. The molecule has 110 valence electrons. The molecule has 1 aromatic carbocycles. The standard InChI is InChI=1S/C15H17N3O3/c1-3-18-7-6-12(16-18)9-17(2)15(19)11-4-5-13-14(8-11)21-10-20-13/h4-8H,3,9-10H2,1-2H3. The fourth-order valence-corrected chi connectivity index (χ4v) is 2.23. The van der Waals surface area contributed by atoms with Crippen LogP contribution in [0.3, 0.4) is 0 Å². The third kappa shape index (κ3) is 2.69. The smallest absolute Gasteiger partial charge is 0.254 e. The Balaban J connectivity index is 1.72. The molecule has 0 fully saturated rings. The van der Waals surface area contributed by atoms with Crippen molar-refractivity contribution in [2.45, 2.75) is 20.0 Å². The number of fused-ring (bicyclic) bond motifs is 1. The third-order valence-corrected chi connectivity index (χ3v) is 3.39. The van der Waals surface area contributed by atoms with Crippen LogP contribution in [0.4, 0.5) is 0 Å². The predicted octanol–water partition coefficient (Wildman–Crippen LogP) is 1.90. The van der Waals surface area contributed by atoms with Crippen LogP contribution in [0.5, 0.6) is 11.5 Å². The number of amides is 1. The van der Waals surface area contributed by atoms with Crippen LogP contribution < -0.4 is 9.47 Å². The minimum Gasteiger partial charge on any atom is -0.454 e. The van der Waals surface area contributed by atoms with Gasteiger partial charge in [-0.05, 0) is 31.2 Å². The molecule has 3 rings (SSSR count). The summed E-state index contributed by atoms with van der Waals surface area (Å²) < 4.78 is 12.4. The van der Waals surface area contributed by atoms with Gasteiger partial charge in [0, 0.05) is 25.4 Å². The second-order valence-corrected chi connectivity index (χ2v) is 4.89. The lowest BCUT2D eigenvalue weighted by atomic mass is 10.1. The van der Waals surface area contributed by atoms with E-state index in [-0.39, 0.29) is 12.7 Å². The molecule has 1 aliphatic rings. The Bertz CT molecular complexity index is 666. The Morgan fingerprint density at radius 3 is 2.90 bits per heavy atom. The summed E-state index contributed by atoms with van der Waals surface area (Å²) in [6.45, 7) is 3.52. The van der Waals surface area contributed by atoms with Crippen molar-refractivity contribution in [3.8, 4) is 11.5 Å². The number of hydrogen-bond acceptors (Lipinski definition) is 4. The molecule has 0 saturated heterocycles. The normalized spacial score (nSPS) is 12.5. The third-order valence-electron chi connectivity index (χ3n) is 3.39. The lowest BCUT2D eigenvalue weighted by Gasteiger charge is -2.16. The van der Waals surface area contributed by atoms with Crippen LogP contribution in [0.2, 0.25) is 0 Å². The van der Waals surface area contributed by atoms with E-state index >= 15 is 0 Å². The van der Waals surface area contributed by atoms with Gasteiger partial charge in [0.1, 0.15) is 0 Å². The van der Waals surface area contributed by atoms with Crippen molar-refractivity contribution in [2.24, 2.45) is 0 Å². The van der Waals surface area contributed by atoms with Gasteiger partial charge in [0.05, 0.1) is 12.2 Å². The number of benzene rings is 1. The number of aryl methyl sites for hydroxylation is 1. The molecule has 1 aliphatic heterocycles. The highest BCUT2D eigenvalue weighted by Gasteiger charge is 2.18. The molecular formula is C15H17N3O3.